The van der Waals surface area contributed by atoms with Gasteiger partial charge in [-0.15, -0.1) is 0 Å². The van der Waals surface area contributed by atoms with Gasteiger partial charge < -0.3 is 20.1 Å². The van der Waals surface area contributed by atoms with E-state index in [0.29, 0.717) is 28.6 Å². The Morgan fingerprint density at radius 1 is 0.946 bits per heavy atom. The number of non-ortho nitro benzene ring substituents is 1. The summed E-state index contributed by atoms with van der Waals surface area (Å²) < 4.78 is 11.3. The molecule has 1 heterocycles. The van der Waals surface area contributed by atoms with Crippen LogP contribution in [0, 0.1) is 24.0 Å². The molecule has 4 rings (SSSR count). The van der Waals surface area contributed by atoms with E-state index in [0.717, 1.165) is 5.69 Å². The summed E-state index contributed by atoms with van der Waals surface area (Å²) in [7, 11) is 0. The lowest BCUT2D eigenvalue weighted by molar-refractivity contribution is -0.384. The van der Waals surface area contributed by atoms with Crippen LogP contribution in [0.15, 0.2) is 72.8 Å². The van der Waals surface area contributed by atoms with Gasteiger partial charge in [-0.05, 0) is 62.4 Å². The van der Waals surface area contributed by atoms with E-state index in [9.17, 15) is 19.7 Å². The molecule has 0 atom stereocenters. The van der Waals surface area contributed by atoms with E-state index < -0.39 is 10.8 Å². The zero-order valence-electron chi connectivity index (χ0n) is 20.0. The van der Waals surface area contributed by atoms with Gasteiger partial charge in [-0.25, -0.2) is 0 Å². The van der Waals surface area contributed by atoms with Gasteiger partial charge in [0.1, 0.15) is 17.2 Å². The van der Waals surface area contributed by atoms with E-state index in [1.807, 2.05) is 0 Å². The molecule has 3 aromatic carbocycles. The van der Waals surface area contributed by atoms with Crippen molar-refractivity contribution < 1.29 is 24.0 Å². The van der Waals surface area contributed by atoms with Crippen LogP contribution in [0.3, 0.4) is 0 Å². The van der Waals surface area contributed by atoms with Gasteiger partial charge in [-0.3, -0.25) is 24.8 Å². The second kappa shape index (κ2) is 11.0. The number of carbonyl (C=O) groups excluding carboxylic acids is 2. The predicted octanol–water partition coefficient (Wildman–Crippen LogP) is 5.00. The normalized spacial score (nSPS) is 10.4. The fraction of sp³-hybridized carbons (Fsp3) is 0.115. The minimum absolute atomic E-state index is 0.0292. The first kappa shape index (κ1) is 24.9. The van der Waals surface area contributed by atoms with Crippen molar-refractivity contribution in [1.29, 1.82) is 0 Å². The molecule has 0 aliphatic carbocycles. The molecule has 0 aliphatic heterocycles. The topological polar surface area (TPSA) is 148 Å². The van der Waals surface area contributed by atoms with Gasteiger partial charge in [0, 0.05) is 17.8 Å². The first-order valence-corrected chi connectivity index (χ1v) is 11.2. The number of benzene rings is 3. The van der Waals surface area contributed by atoms with Gasteiger partial charge in [0.05, 0.1) is 27.6 Å². The van der Waals surface area contributed by atoms with Gasteiger partial charge in [0.2, 0.25) is 0 Å². The molecular weight excluding hydrogens is 478 g/mol. The van der Waals surface area contributed by atoms with Crippen molar-refractivity contribution in [2.75, 3.05) is 17.2 Å². The molecule has 0 spiro atoms. The molecule has 11 nitrogen and oxygen atoms in total. The van der Waals surface area contributed by atoms with Crippen molar-refractivity contribution in [2.24, 2.45) is 0 Å². The maximum Gasteiger partial charge on any atom is 0.269 e. The van der Waals surface area contributed by atoms with Crippen molar-refractivity contribution in [3.05, 3.63) is 99.9 Å². The summed E-state index contributed by atoms with van der Waals surface area (Å²) in [6, 6.07) is 18.9. The Morgan fingerprint density at radius 3 is 2.22 bits per heavy atom. The van der Waals surface area contributed by atoms with Crippen LogP contribution in [0.2, 0.25) is 0 Å². The highest BCUT2D eigenvalue weighted by Crippen LogP contribution is 2.26. The van der Waals surface area contributed by atoms with E-state index >= 15 is 0 Å². The molecule has 188 valence electrons. The quantitative estimate of drug-likeness (QED) is 0.216. The third kappa shape index (κ3) is 6.28. The summed E-state index contributed by atoms with van der Waals surface area (Å²) >= 11 is 0. The summed E-state index contributed by atoms with van der Waals surface area (Å²) in [5, 5.41) is 23.1. The molecule has 2 amide bonds. The number of nitrogens with zero attached hydrogens (tertiary/aromatic N) is 2. The smallest absolute Gasteiger partial charge is 0.269 e. The number of H-pyrrole nitrogens is 1. The number of hydrogen-bond donors (Lipinski definition) is 3. The van der Waals surface area contributed by atoms with Gasteiger partial charge in [-0.1, -0.05) is 12.1 Å². The second-order valence-corrected chi connectivity index (χ2v) is 7.97. The second-order valence-electron chi connectivity index (χ2n) is 7.97. The number of hydrogen-bond acceptors (Lipinski definition) is 7. The predicted molar refractivity (Wildman–Crippen MR) is 136 cm³/mol. The van der Waals surface area contributed by atoms with Gasteiger partial charge in [-0.2, -0.15) is 5.10 Å². The molecule has 0 radical (unpaired) electrons. The van der Waals surface area contributed by atoms with Gasteiger partial charge >= 0.3 is 0 Å². The van der Waals surface area contributed by atoms with E-state index in [1.54, 1.807) is 62.4 Å². The number of aryl methyl sites for hydroxylation is 2. The van der Waals surface area contributed by atoms with Crippen molar-refractivity contribution in [3.8, 4) is 17.2 Å². The van der Waals surface area contributed by atoms with Crippen LogP contribution < -0.4 is 20.1 Å². The maximum absolute atomic E-state index is 12.9. The van der Waals surface area contributed by atoms with Gasteiger partial charge in [0.15, 0.2) is 6.61 Å². The van der Waals surface area contributed by atoms with Crippen LogP contribution in [0.25, 0.3) is 0 Å². The Balaban J connectivity index is 1.36. The minimum Gasteiger partial charge on any atom is -0.483 e. The third-order valence-electron chi connectivity index (χ3n) is 5.28. The largest absolute Gasteiger partial charge is 0.483 e. The monoisotopic (exact) mass is 501 g/mol. The van der Waals surface area contributed by atoms with E-state index in [1.165, 1.54) is 24.3 Å². The number of nitrogens with one attached hydrogen (secondary N) is 3. The van der Waals surface area contributed by atoms with E-state index in [4.69, 9.17) is 9.47 Å². The lowest BCUT2D eigenvalue weighted by atomic mass is 10.2. The zero-order valence-corrected chi connectivity index (χ0v) is 20.0. The first-order valence-electron chi connectivity index (χ1n) is 11.2. The maximum atomic E-state index is 12.9. The molecule has 11 heteroatoms. The lowest BCUT2D eigenvalue weighted by Crippen LogP contribution is -2.22. The van der Waals surface area contributed by atoms with Crippen LogP contribution in [-0.4, -0.2) is 33.5 Å². The van der Waals surface area contributed by atoms with E-state index in [2.05, 4.69) is 20.8 Å². The van der Waals surface area contributed by atoms with Crippen molar-refractivity contribution >= 4 is 28.9 Å². The highest BCUT2D eigenvalue weighted by Gasteiger charge is 2.15. The number of anilines is 2. The first-order chi connectivity index (χ1) is 17.8. The number of nitro benzene ring substituents is 1. The molecule has 1 aromatic heterocycles. The Kier molecular flexibility index (Phi) is 7.43. The number of ether oxygens (including phenoxy) is 2. The molecule has 0 saturated carbocycles. The molecular formula is C26H23N5O6. The molecule has 37 heavy (non-hydrogen) atoms. The highest BCUT2D eigenvalue weighted by molar-refractivity contribution is 6.06. The number of carbonyl (C=O) groups is 2. The molecule has 0 aliphatic rings. The molecule has 3 N–H and O–H groups in total. The minimum atomic E-state index is -0.484. The zero-order chi connectivity index (χ0) is 26.4. The number of nitro groups is 1. The van der Waals surface area contributed by atoms with Crippen molar-refractivity contribution in [1.82, 2.24) is 10.2 Å². The summed E-state index contributed by atoms with van der Waals surface area (Å²) in [6.07, 6.45) is 0. The lowest BCUT2D eigenvalue weighted by Gasteiger charge is -2.12. The summed E-state index contributed by atoms with van der Waals surface area (Å²) in [5.41, 5.74) is 2.74. The molecule has 4 aromatic rings. The average molecular weight is 501 g/mol. The molecule has 0 fully saturated rings. The third-order valence-corrected chi connectivity index (χ3v) is 5.28. The number of para-hydroxylation sites is 1. The Hall–Kier alpha value is -5.19. The fourth-order valence-electron chi connectivity index (χ4n) is 3.41. The summed E-state index contributed by atoms with van der Waals surface area (Å²) in [5.74, 6) is 0.391. The van der Waals surface area contributed by atoms with Crippen LogP contribution in [0.1, 0.15) is 21.7 Å². The molecule has 0 bridgehead atoms. The Morgan fingerprint density at radius 2 is 1.59 bits per heavy atom. The van der Waals surface area contributed by atoms with Crippen molar-refractivity contribution in [2.45, 2.75) is 13.8 Å². The van der Waals surface area contributed by atoms with Gasteiger partial charge in [0.25, 0.3) is 17.5 Å². The number of rotatable bonds is 9. The number of amides is 2. The SMILES string of the molecule is Cc1n[nH]c(C)c1NC(=O)COc1ccccc1C(=O)Nc1ccc(Oc2ccc([N+](=O)[O-])cc2)cc1. The Bertz CT molecular complexity index is 1410. The van der Waals surface area contributed by atoms with Crippen molar-refractivity contribution in [3.63, 3.8) is 0 Å². The fourth-order valence-corrected chi connectivity index (χ4v) is 3.41. The number of aromatic amines is 1. The standard InChI is InChI=1S/C26H23N5O6/c1-16-25(17(2)30-29-16)28-24(32)15-36-23-6-4-3-5-22(23)26(33)27-18-7-11-20(12-8-18)37-21-13-9-19(10-14-21)31(34)35/h3-14H,15H2,1-2H3,(H,27,33)(H,28,32)(H,29,30). The summed E-state index contributed by atoms with van der Waals surface area (Å²) in [6.45, 7) is 3.28. The number of aromatic nitrogens is 2. The summed E-state index contributed by atoms with van der Waals surface area (Å²) in [4.78, 5) is 35.5. The van der Waals surface area contributed by atoms with E-state index in [-0.39, 0.29) is 29.5 Å². The highest BCUT2D eigenvalue weighted by atomic mass is 16.6. The average Bonchev–Trinajstić information content (AvgIpc) is 3.21. The van der Waals surface area contributed by atoms with Crippen LogP contribution in [0.4, 0.5) is 17.1 Å². The van der Waals surface area contributed by atoms with Crippen LogP contribution >= 0.6 is 0 Å². The van der Waals surface area contributed by atoms with Crippen LogP contribution in [-0.2, 0) is 4.79 Å². The Labute approximate surface area is 211 Å². The van der Waals surface area contributed by atoms with Crippen LogP contribution in [0.5, 0.6) is 17.2 Å². The molecule has 0 unspecified atom stereocenters. The molecule has 0 saturated heterocycles.